The van der Waals surface area contributed by atoms with Crippen LogP contribution in [0.5, 0.6) is 0 Å². The number of hydrogen-bond acceptors (Lipinski definition) is 1. The number of nitrogens with zero attached hydrogens (tertiary/aromatic N) is 1. The third-order valence-corrected chi connectivity index (χ3v) is 15.9. The minimum Gasteiger partial charge on any atom is -0.311 e. The summed E-state index contributed by atoms with van der Waals surface area (Å²) in [6, 6.07) is 83.8. The Morgan fingerprint density at radius 1 is 0.292 bits per heavy atom. The Labute approximate surface area is 383 Å². The lowest BCUT2D eigenvalue weighted by molar-refractivity contribution is -0.0399. The van der Waals surface area contributed by atoms with Crippen LogP contribution >= 0.6 is 0 Å². The van der Waals surface area contributed by atoms with Gasteiger partial charge in [-0.3, -0.25) is 0 Å². The summed E-state index contributed by atoms with van der Waals surface area (Å²) in [5, 5.41) is 0. The van der Waals surface area contributed by atoms with E-state index < -0.39 is 0 Å². The summed E-state index contributed by atoms with van der Waals surface area (Å²) < 4.78 is 0. The van der Waals surface area contributed by atoms with Crippen molar-refractivity contribution in [2.45, 2.75) is 37.5 Å². The highest BCUT2D eigenvalue weighted by molar-refractivity contribution is 5.97. The van der Waals surface area contributed by atoms with Gasteiger partial charge in [-0.25, -0.2) is 0 Å². The van der Waals surface area contributed by atoms with Gasteiger partial charge in [0.2, 0.25) is 0 Å². The fraction of sp³-hybridized carbons (Fsp3) is 0.156. The van der Waals surface area contributed by atoms with Crippen LogP contribution in [0.2, 0.25) is 0 Å². The third-order valence-electron chi connectivity index (χ3n) is 15.9. The first-order chi connectivity index (χ1) is 32.2. The van der Waals surface area contributed by atoms with Crippen molar-refractivity contribution in [2.75, 3.05) is 4.90 Å². The van der Waals surface area contributed by atoms with Crippen LogP contribution in [-0.4, -0.2) is 0 Å². The highest BCUT2D eigenvalue weighted by atomic mass is 15.1. The molecule has 14 rings (SSSR count). The van der Waals surface area contributed by atoms with Gasteiger partial charge in [0.05, 0.1) is 0 Å². The second-order valence-corrected chi connectivity index (χ2v) is 19.3. The van der Waals surface area contributed by atoms with E-state index in [0.717, 1.165) is 28.9 Å². The molecule has 0 aliphatic heterocycles. The lowest BCUT2D eigenvalue weighted by Crippen LogP contribution is -2.55. The molecule has 312 valence electrons. The molecule has 4 saturated carbocycles. The molecule has 9 aromatic carbocycles. The van der Waals surface area contributed by atoms with E-state index in [1.54, 1.807) is 11.1 Å². The van der Waals surface area contributed by atoms with Gasteiger partial charge in [0.15, 0.2) is 0 Å². The molecule has 0 amide bonds. The second-order valence-electron chi connectivity index (χ2n) is 19.3. The Morgan fingerprint density at radius 3 is 1.12 bits per heavy atom. The van der Waals surface area contributed by atoms with Crippen LogP contribution < -0.4 is 4.90 Å². The average molecular weight is 834 g/mol. The van der Waals surface area contributed by atoms with Crippen LogP contribution in [0, 0.1) is 23.7 Å². The molecule has 1 spiro atoms. The van der Waals surface area contributed by atoms with Crippen LogP contribution in [0.15, 0.2) is 224 Å². The molecule has 0 heterocycles. The third kappa shape index (κ3) is 6.35. The molecule has 9 aromatic rings. The minimum absolute atomic E-state index is 0.0248. The summed E-state index contributed by atoms with van der Waals surface area (Å²) in [6.45, 7) is 0. The zero-order chi connectivity index (χ0) is 42.9. The maximum Gasteiger partial charge on any atom is 0.0462 e. The summed E-state index contributed by atoms with van der Waals surface area (Å²) in [7, 11) is 0. The normalized spacial score (nSPS) is 21.0. The molecule has 0 atom stereocenters. The Kier molecular flexibility index (Phi) is 9.12. The van der Waals surface area contributed by atoms with E-state index in [1.807, 2.05) is 0 Å². The standard InChI is InChI=1S/C64H51N/c1-5-13-45(14-6-1)49-21-28-56(29-22-49)65(57-30-23-50(24-31-57)46-15-7-2-8-16-46)58-32-25-51(26-33-58)60-40-53(48-19-11-4-12-20-48)42-62-63(60)59-34-27-52(47-17-9-3-10-18-47)41-61(59)64(62)54-36-43-35-44(38-54)39-55(64)37-43/h1-34,40-44,54-55H,35-39H2. The minimum atomic E-state index is 0.0248. The number of fused-ring (bicyclic) bond motifs is 3. The Morgan fingerprint density at radius 2 is 0.662 bits per heavy atom. The van der Waals surface area contributed by atoms with Crippen LogP contribution in [0.25, 0.3) is 66.8 Å². The molecule has 5 aliphatic carbocycles. The molecule has 65 heavy (non-hydrogen) atoms. The molecule has 5 aliphatic rings. The predicted octanol–water partition coefficient (Wildman–Crippen LogP) is 17.2. The van der Waals surface area contributed by atoms with Crippen molar-refractivity contribution in [3.05, 3.63) is 236 Å². The second kappa shape index (κ2) is 15.5. The quantitative estimate of drug-likeness (QED) is 0.147. The van der Waals surface area contributed by atoms with Gasteiger partial charge in [-0.1, -0.05) is 170 Å². The highest BCUT2D eigenvalue weighted by Gasteiger charge is 2.62. The van der Waals surface area contributed by atoms with Crippen molar-refractivity contribution in [3.63, 3.8) is 0 Å². The summed E-state index contributed by atoms with van der Waals surface area (Å²) in [4.78, 5) is 2.40. The summed E-state index contributed by atoms with van der Waals surface area (Å²) >= 11 is 0. The van der Waals surface area contributed by atoms with Crippen molar-refractivity contribution in [2.24, 2.45) is 23.7 Å². The van der Waals surface area contributed by atoms with Crippen molar-refractivity contribution in [1.82, 2.24) is 0 Å². The number of anilines is 3. The van der Waals surface area contributed by atoms with Crippen LogP contribution in [0.3, 0.4) is 0 Å². The van der Waals surface area contributed by atoms with Gasteiger partial charge < -0.3 is 4.90 Å². The molecule has 1 heteroatoms. The lowest BCUT2D eigenvalue weighted by Gasteiger charge is -2.61. The van der Waals surface area contributed by atoms with E-state index in [2.05, 4.69) is 229 Å². The monoisotopic (exact) mass is 833 g/mol. The van der Waals surface area contributed by atoms with Gasteiger partial charge in [-0.05, 0) is 188 Å². The van der Waals surface area contributed by atoms with Gasteiger partial charge in [-0.2, -0.15) is 0 Å². The number of benzene rings is 9. The molecule has 0 aromatic heterocycles. The fourth-order valence-electron chi connectivity index (χ4n) is 13.3. The summed E-state index contributed by atoms with van der Waals surface area (Å²) in [5.74, 6) is 3.09. The van der Waals surface area contributed by atoms with E-state index in [-0.39, 0.29) is 5.41 Å². The Bertz CT molecular complexity index is 3040. The first-order valence-corrected chi connectivity index (χ1v) is 23.8. The van der Waals surface area contributed by atoms with E-state index in [1.165, 1.54) is 98.9 Å². The van der Waals surface area contributed by atoms with Gasteiger partial charge in [-0.15, -0.1) is 0 Å². The van der Waals surface area contributed by atoms with Crippen molar-refractivity contribution >= 4 is 17.1 Å². The van der Waals surface area contributed by atoms with Gasteiger partial charge in [0, 0.05) is 22.5 Å². The largest absolute Gasteiger partial charge is 0.311 e. The number of rotatable bonds is 8. The van der Waals surface area contributed by atoms with Crippen molar-refractivity contribution < 1.29 is 0 Å². The average Bonchev–Trinajstić information content (AvgIpc) is 3.67. The Balaban J connectivity index is 0.972. The summed E-state index contributed by atoms with van der Waals surface area (Å²) in [6.07, 6.45) is 6.87. The molecular weight excluding hydrogens is 783 g/mol. The van der Waals surface area contributed by atoms with E-state index in [4.69, 9.17) is 0 Å². The van der Waals surface area contributed by atoms with Gasteiger partial charge in [0.25, 0.3) is 0 Å². The fourth-order valence-corrected chi connectivity index (χ4v) is 13.3. The molecule has 0 unspecified atom stereocenters. The van der Waals surface area contributed by atoms with Crippen molar-refractivity contribution in [1.29, 1.82) is 0 Å². The maximum absolute atomic E-state index is 2.65. The molecule has 0 saturated heterocycles. The maximum atomic E-state index is 2.65. The van der Waals surface area contributed by atoms with E-state index >= 15 is 0 Å². The van der Waals surface area contributed by atoms with E-state index in [0.29, 0.717) is 11.8 Å². The number of hydrogen-bond donors (Lipinski definition) is 0. The molecule has 0 radical (unpaired) electrons. The SMILES string of the molecule is c1ccc(-c2ccc(N(c3ccc(-c4ccccc4)cc3)c3ccc(-c4cc(-c5ccccc5)cc5c4-c4ccc(-c6ccccc6)cc4C54C5CC6CC(C5)CC4C6)cc3)cc2)cc1. The topological polar surface area (TPSA) is 3.24 Å². The molecule has 4 bridgehead atoms. The highest BCUT2D eigenvalue weighted by Crippen LogP contribution is 2.70. The van der Waals surface area contributed by atoms with Crippen LogP contribution in [-0.2, 0) is 5.41 Å². The van der Waals surface area contributed by atoms with Gasteiger partial charge >= 0.3 is 0 Å². The van der Waals surface area contributed by atoms with Crippen LogP contribution in [0.4, 0.5) is 17.1 Å². The molecule has 4 fully saturated rings. The molecular formula is C64H51N. The predicted molar refractivity (Wildman–Crippen MR) is 272 cm³/mol. The first kappa shape index (κ1) is 38.3. The zero-order valence-corrected chi connectivity index (χ0v) is 36.7. The molecule has 0 N–H and O–H groups in total. The van der Waals surface area contributed by atoms with Crippen molar-refractivity contribution in [3.8, 4) is 66.8 Å². The zero-order valence-electron chi connectivity index (χ0n) is 36.7. The summed E-state index contributed by atoms with van der Waals surface area (Å²) in [5.41, 5.74) is 22.2. The van der Waals surface area contributed by atoms with Crippen LogP contribution in [0.1, 0.15) is 43.2 Å². The van der Waals surface area contributed by atoms with E-state index in [9.17, 15) is 0 Å². The Hall–Kier alpha value is -7.22. The van der Waals surface area contributed by atoms with Gasteiger partial charge in [0.1, 0.15) is 0 Å². The lowest BCUT2D eigenvalue weighted by atomic mass is 9.43. The first-order valence-electron chi connectivity index (χ1n) is 23.8. The smallest absolute Gasteiger partial charge is 0.0462 e. The molecule has 1 nitrogen and oxygen atoms in total.